The number of benzene rings is 2. The smallest absolute Gasteiger partial charge is 0.394 e. The number of rotatable bonds is 16. The second-order valence-corrected chi connectivity index (χ2v) is 10.3. The fourth-order valence-corrected chi connectivity index (χ4v) is 3.97. The van der Waals surface area contributed by atoms with Crippen molar-refractivity contribution in [1.29, 1.82) is 0 Å². The highest BCUT2D eigenvalue weighted by atomic mass is 32.3. The maximum absolute atomic E-state index is 11.6. The van der Waals surface area contributed by atoms with Crippen LogP contribution in [0.3, 0.4) is 0 Å². The van der Waals surface area contributed by atoms with Crippen LogP contribution in [0.4, 0.5) is 0 Å². The van der Waals surface area contributed by atoms with Crippen LogP contribution in [-0.2, 0) is 51.9 Å². The molecule has 0 fully saturated rings. The third-order valence-electron chi connectivity index (χ3n) is 6.03. The van der Waals surface area contributed by atoms with Crippen LogP contribution in [0, 0.1) is 11.8 Å². The molecule has 0 radical (unpaired) electrons. The first kappa shape index (κ1) is 41.7. The predicted octanol–water partition coefficient (Wildman–Crippen LogP) is 0.625. The number of hydrogen-bond donors (Lipinski definition) is 8. The van der Waals surface area contributed by atoms with Crippen LogP contribution in [0.2, 0.25) is 0 Å². The molecule has 0 aromatic heterocycles. The van der Waals surface area contributed by atoms with Gasteiger partial charge in [0.1, 0.15) is 31.0 Å². The number of aromatic hydroxyl groups is 2. The monoisotopic (exact) mass is 676 g/mol. The van der Waals surface area contributed by atoms with E-state index in [1.807, 2.05) is 0 Å². The highest BCUT2D eigenvalue weighted by Crippen LogP contribution is 2.28. The van der Waals surface area contributed by atoms with Crippen molar-refractivity contribution in [2.24, 2.45) is 11.8 Å². The first-order valence-electron chi connectivity index (χ1n) is 13.0. The van der Waals surface area contributed by atoms with Crippen molar-refractivity contribution in [3.63, 3.8) is 0 Å². The maximum Gasteiger partial charge on any atom is 0.394 e. The summed E-state index contributed by atoms with van der Waals surface area (Å²) in [6, 6.07) is 8.47. The second-order valence-electron chi connectivity index (χ2n) is 9.40. The van der Waals surface area contributed by atoms with Gasteiger partial charge in [0.15, 0.2) is 17.9 Å². The SMILES string of the molecule is COC(OC)c1cc(O)ccc1C[C@@H](CC(=O)O)C(=O)O.O=Cc1cc(O)ccc1C[C@@H](CC(=O)CO)C(=O)CO.O=S(=O)(O)O. The molecule has 8 N–H and O–H groups in total. The third kappa shape index (κ3) is 16.7. The summed E-state index contributed by atoms with van der Waals surface area (Å²) in [6.07, 6.45) is -0.829. The number of aldehydes is 1. The molecule has 17 nitrogen and oxygen atoms in total. The number of ether oxygens (including phenoxy) is 2. The van der Waals surface area contributed by atoms with Gasteiger partial charge in [-0.1, -0.05) is 12.1 Å². The molecule has 0 saturated carbocycles. The lowest BCUT2D eigenvalue weighted by Gasteiger charge is -2.19. The van der Waals surface area contributed by atoms with Gasteiger partial charge in [-0.05, 0) is 48.2 Å². The Morgan fingerprint density at radius 3 is 1.74 bits per heavy atom. The molecule has 0 heterocycles. The molecule has 0 unspecified atom stereocenters. The van der Waals surface area contributed by atoms with E-state index in [1.54, 1.807) is 0 Å². The minimum atomic E-state index is -4.67. The third-order valence-corrected chi connectivity index (χ3v) is 6.03. The average Bonchev–Trinajstić information content (AvgIpc) is 2.97. The molecule has 0 spiro atoms. The summed E-state index contributed by atoms with van der Waals surface area (Å²) in [5.41, 5.74) is 1.74. The van der Waals surface area contributed by atoms with Crippen LogP contribution >= 0.6 is 0 Å². The molecule has 2 aromatic rings. The normalized spacial score (nSPS) is 12.1. The molecule has 0 aliphatic carbocycles. The zero-order valence-corrected chi connectivity index (χ0v) is 25.5. The first-order chi connectivity index (χ1) is 21.4. The summed E-state index contributed by atoms with van der Waals surface area (Å²) >= 11 is 0. The van der Waals surface area contributed by atoms with Crippen LogP contribution in [0.1, 0.15) is 46.2 Å². The number of ketones is 2. The summed E-state index contributed by atoms with van der Waals surface area (Å²) in [6.45, 7) is -1.39. The van der Waals surface area contributed by atoms with Crippen LogP contribution in [-0.4, -0.2) is 105 Å². The fraction of sp³-hybridized carbons (Fsp3) is 0.393. The molecule has 2 aromatic carbocycles. The molecule has 0 aliphatic rings. The van der Waals surface area contributed by atoms with Crippen LogP contribution in [0.25, 0.3) is 0 Å². The molecule has 0 amide bonds. The molecule has 46 heavy (non-hydrogen) atoms. The first-order valence-corrected chi connectivity index (χ1v) is 14.3. The maximum atomic E-state index is 11.6. The van der Waals surface area contributed by atoms with Crippen molar-refractivity contribution in [2.75, 3.05) is 27.4 Å². The lowest BCUT2D eigenvalue weighted by Crippen LogP contribution is -2.25. The summed E-state index contributed by atoms with van der Waals surface area (Å²) in [7, 11) is -1.85. The van der Waals surface area contributed by atoms with E-state index in [0.717, 1.165) is 0 Å². The summed E-state index contributed by atoms with van der Waals surface area (Å²) in [5.74, 6) is -5.38. The number of aliphatic hydroxyl groups excluding tert-OH is 2. The largest absolute Gasteiger partial charge is 0.508 e. The Morgan fingerprint density at radius 1 is 0.804 bits per heavy atom. The lowest BCUT2D eigenvalue weighted by molar-refractivity contribution is -0.148. The predicted molar refractivity (Wildman–Crippen MR) is 156 cm³/mol. The molecule has 2 atom stereocenters. The zero-order valence-electron chi connectivity index (χ0n) is 24.7. The molecule has 2 rings (SSSR count). The Balaban J connectivity index is 0.000000768. The molecular weight excluding hydrogens is 640 g/mol. The standard InChI is InChI=1S/C14H18O7.C14H16O6.H2O4S/c1-20-14(21-2)11-7-10(15)4-3-8(11)5-9(13(18)19)6-12(16)17;15-6-11-5-12(18)2-1-9(11)3-10(14(20)8-17)4-13(19)7-16;1-5(2,3)4/h3-4,7,9,14-15H,5-6H2,1-2H3,(H,16,17)(H,18,19);1-2,5-6,10,16-18H,3-4,7-8H2;(H2,1,2,3,4)/t9-;10-;/m00./s1. The van der Waals surface area contributed by atoms with E-state index in [-0.39, 0.29) is 36.3 Å². The molecule has 256 valence electrons. The Labute approximate surface area is 263 Å². The number of aliphatic carboxylic acids is 2. The van der Waals surface area contributed by atoms with Gasteiger partial charge in [0, 0.05) is 37.7 Å². The summed E-state index contributed by atoms with van der Waals surface area (Å²) in [5, 5.41) is 54.3. The number of carboxylic acids is 2. The number of carbonyl (C=O) groups is 5. The van der Waals surface area contributed by atoms with Gasteiger partial charge < -0.3 is 40.1 Å². The molecule has 0 saturated heterocycles. The lowest BCUT2D eigenvalue weighted by atomic mass is 9.89. The second kappa shape index (κ2) is 20.7. The van der Waals surface area contributed by atoms with Crippen molar-refractivity contribution in [1.82, 2.24) is 0 Å². The molecular formula is C28H36O17S. The van der Waals surface area contributed by atoms with Crippen molar-refractivity contribution in [3.8, 4) is 11.5 Å². The fourth-order valence-electron chi connectivity index (χ4n) is 3.97. The molecule has 0 bridgehead atoms. The number of Topliss-reactive ketones (excluding diaryl/α,β-unsaturated/α-hetero) is 2. The van der Waals surface area contributed by atoms with E-state index in [0.29, 0.717) is 23.0 Å². The van der Waals surface area contributed by atoms with Gasteiger partial charge in [-0.3, -0.25) is 33.1 Å². The Bertz CT molecular complexity index is 1430. The van der Waals surface area contributed by atoms with Gasteiger partial charge in [-0.25, -0.2) is 0 Å². The van der Waals surface area contributed by atoms with Gasteiger partial charge in [0.2, 0.25) is 0 Å². The molecule has 18 heteroatoms. The quantitative estimate of drug-likeness (QED) is 0.0686. The summed E-state index contributed by atoms with van der Waals surface area (Å²) < 4.78 is 41.8. The number of aliphatic hydroxyl groups is 2. The van der Waals surface area contributed by atoms with Gasteiger partial charge >= 0.3 is 22.3 Å². The average molecular weight is 677 g/mol. The van der Waals surface area contributed by atoms with Gasteiger partial charge in [0.25, 0.3) is 0 Å². The van der Waals surface area contributed by atoms with E-state index in [2.05, 4.69) is 0 Å². The summed E-state index contributed by atoms with van der Waals surface area (Å²) in [4.78, 5) is 55.7. The number of carbonyl (C=O) groups excluding carboxylic acids is 3. The molecule has 0 aliphatic heterocycles. The Kier molecular flexibility index (Phi) is 18.7. The van der Waals surface area contributed by atoms with E-state index < -0.39 is 71.7 Å². The van der Waals surface area contributed by atoms with E-state index in [4.69, 9.17) is 47.4 Å². The van der Waals surface area contributed by atoms with Crippen LogP contribution in [0.5, 0.6) is 11.5 Å². The Morgan fingerprint density at radius 2 is 1.30 bits per heavy atom. The van der Waals surface area contributed by atoms with Crippen molar-refractivity contribution in [2.45, 2.75) is 32.0 Å². The van der Waals surface area contributed by atoms with Crippen molar-refractivity contribution >= 4 is 40.2 Å². The minimum Gasteiger partial charge on any atom is -0.508 e. The van der Waals surface area contributed by atoms with Gasteiger partial charge in [-0.2, -0.15) is 8.42 Å². The van der Waals surface area contributed by atoms with Gasteiger partial charge in [0.05, 0.1) is 12.3 Å². The Hall–Kier alpha value is -4.30. The number of hydrogen-bond acceptors (Lipinski definition) is 13. The van der Waals surface area contributed by atoms with Crippen LogP contribution in [0.15, 0.2) is 36.4 Å². The highest BCUT2D eigenvalue weighted by molar-refractivity contribution is 7.79. The minimum absolute atomic E-state index is 0.000463. The van der Waals surface area contributed by atoms with E-state index in [9.17, 15) is 34.2 Å². The zero-order chi connectivity index (χ0) is 35.6. The van der Waals surface area contributed by atoms with E-state index >= 15 is 0 Å². The number of carboxylic acid groups (broad SMARTS) is 2. The topological polar surface area (TPSA) is 300 Å². The number of phenolic OH excluding ortho intramolecular Hbond substituents is 2. The van der Waals surface area contributed by atoms with E-state index in [1.165, 1.54) is 50.6 Å². The number of phenols is 2. The highest BCUT2D eigenvalue weighted by Gasteiger charge is 2.25. The number of methoxy groups -OCH3 is 2. The van der Waals surface area contributed by atoms with Crippen molar-refractivity contribution in [3.05, 3.63) is 58.7 Å². The van der Waals surface area contributed by atoms with Crippen LogP contribution < -0.4 is 0 Å². The van der Waals surface area contributed by atoms with Gasteiger partial charge in [-0.15, -0.1) is 0 Å². The van der Waals surface area contributed by atoms with Crippen molar-refractivity contribution < 1.29 is 81.6 Å².